The van der Waals surface area contributed by atoms with Gasteiger partial charge in [-0.2, -0.15) is 0 Å². The average molecular weight is 433 g/mol. The second-order valence-electron chi connectivity index (χ2n) is 6.78. The number of hydrogen-bond acceptors (Lipinski definition) is 8. The van der Waals surface area contributed by atoms with E-state index >= 15 is 0 Å². The molecule has 2 aromatic carbocycles. The third-order valence-corrected chi connectivity index (χ3v) is 5.52. The predicted molar refractivity (Wildman–Crippen MR) is 115 cm³/mol. The first-order chi connectivity index (χ1) is 15.0. The van der Waals surface area contributed by atoms with Gasteiger partial charge < -0.3 is 4.42 Å². The molecule has 1 aromatic heterocycles. The van der Waals surface area contributed by atoms with Gasteiger partial charge in [-0.05, 0) is 36.6 Å². The lowest BCUT2D eigenvalue weighted by Crippen LogP contribution is -2.50. The third kappa shape index (κ3) is 3.26. The standard InChI is InChI=1S/C21H15N5O4S/c1-31-21-23-20(27)18-14-4-2-3-5-15(14)22-19(25(18)24-21)17-11-10-16(30-17)12-6-8-13(9-7-12)26(28)29/h2-11,19H,1H3,(H,23,24,27)/t19-/m1/s1. The Labute approximate surface area is 179 Å². The molecule has 10 heteroatoms. The normalized spacial score (nSPS) is 17.3. The van der Waals surface area contributed by atoms with Crippen LogP contribution in [0.3, 0.4) is 0 Å². The molecule has 0 radical (unpaired) electrons. The van der Waals surface area contributed by atoms with Gasteiger partial charge in [0.1, 0.15) is 11.5 Å². The van der Waals surface area contributed by atoms with Gasteiger partial charge >= 0.3 is 0 Å². The molecule has 2 aliphatic rings. The quantitative estimate of drug-likeness (QED) is 0.501. The molecule has 154 valence electrons. The Balaban J connectivity index is 1.60. The smallest absolute Gasteiger partial charge is 0.276 e. The van der Waals surface area contributed by atoms with Crippen LogP contribution >= 0.6 is 11.8 Å². The molecule has 3 heterocycles. The number of hydrogen-bond donors (Lipinski definition) is 1. The molecule has 1 atom stereocenters. The highest BCUT2D eigenvalue weighted by atomic mass is 32.2. The van der Waals surface area contributed by atoms with E-state index in [1.165, 1.54) is 23.9 Å². The van der Waals surface area contributed by atoms with Crippen LogP contribution in [0.5, 0.6) is 0 Å². The summed E-state index contributed by atoms with van der Waals surface area (Å²) in [6, 6.07) is 17.0. The maximum Gasteiger partial charge on any atom is 0.276 e. The van der Waals surface area contributed by atoms with Crippen LogP contribution in [0.1, 0.15) is 11.9 Å². The minimum atomic E-state index is -0.662. The molecule has 0 aliphatic carbocycles. The van der Waals surface area contributed by atoms with Crippen molar-refractivity contribution in [2.45, 2.75) is 6.17 Å². The molecule has 1 amide bonds. The number of nitrogens with zero attached hydrogens (tertiary/aromatic N) is 4. The zero-order chi connectivity index (χ0) is 21.5. The molecule has 0 spiro atoms. The molecule has 0 unspecified atom stereocenters. The second-order valence-corrected chi connectivity index (χ2v) is 7.58. The first-order valence-electron chi connectivity index (χ1n) is 9.30. The number of nitrogens with one attached hydrogen (secondary N) is 1. The number of hydrazone groups is 1. The van der Waals surface area contributed by atoms with Gasteiger partial charge in [-0.15, -0.1) is 5.10 Å². The van der Waals surface area contributed by atoms with E-state index in [4.69, 9.17) is 9.41 Å². The van der Waals surface area contributed by atoms with Gasteiger partial charge in [0.25, 0.3) is 11.6 Å². The summed E-state index contributed by atoms with van der Waals surface area (Å²) in [4.78, 5) is 28.1. The number of para-hydroxylation sites is 1. The number of thioether (sulfide) groups is 1. The van der Waals surface area contributed by atoms with E-state index in [0.717, 1.165) is 0 Å². The number of rotatable bonds is 3. The van der Waals surface area contributed by atoms with Crippen LogP contribution in [-0.2, 0) is 4.79 Å². The molecular formula is C21H15N5O4S. The number of carbonyl (C=O) groups is 1. The van der Waals surface area contributed by atoms with E-state index in [1.54, 1.807) is 29.3 Å². The van der Waals surface area contributed by atoms with Crippen LogP contribution in [0.25, 0.3) is 17.0 Å². The van der Waals surface area contributed by atoms with Crippen LogP contribution in [0.4, 0.5) is 5.69 Å². The number of carbonyl (C=O) groups excluding carboxylic acids is 1. The fraction of sp³-hybridized carbons (Fsp3) is 0.0952. The lowest BCUT2D eigenvalue weighted by molar-refractivity contribution is -0.384. The van der Waals surface area contributed by atoms with Gasteiger partial charge in [0.05, 0.1) is 10.3 Å². The summed E-state index contributed by atoms with van der Waals surface area (Å²) in [5.41, 5.74) is 1.11. The Kier molecular flexibility index (Phi) is 4.55. The maximum absolute atomic E-state index is 12.8. The van der Waals surface area contributed by atoms with E-state index in [-0.39, 0.29) is 11.6 Å². The third-order valence-electron chi connectivity index (χ3n) is 4.95. The monoisotopic (exact) mass is 433 g/mol. The van der Waals surface area contributed by atoms with Crippen molar-refractivity contribution in [3.8, 4) is 11.3 Å². The number of amides is 1. The second kappa shape index (κ2) is 7.40. The molecule has 0 bridgehead atoms. The van der Waals surface area contributed by atoms with Gasteiger partial charge in [-0.25, -0.2) is 10.0 Å². The SMILES string of the molecule is CSC1=NN2C(=c3ccccc3=N[C@H]2c2ccc(-c3ccc([N+](=O)[O-])cc3)o2)C(=O)N1. The van der Waals surface area contributed by atoms with E-state index in [2.05, 4.69) is 10.4 Å². The zero-order valence-electron chi connectivity index (χ0n) is 16.2. The molecule has 0 saturated heterocycles. The summed E-state index contributed by atoms with van der Waals surface area (Å²) in [7, 11) is 0. The molecule has 31 heavy (non-hydrogen) atoms. The van der Waals surface area contributed by atoms with E-state index < -0.39 is 11.1 Å². The Hall–Kier alpha value is -3.92. The Morgan fingerprint density at radius 3 is 2.65 bits per heavy atom. The van der Waals surface area contributed by atoms with E-state index in [1.807, 2.05) is 30.5 Å². The van der Waals surface area contributed by atoms with Crippen molar-refractivity contribution in [3.63, 3.8) is 0 Å². The van der Waals surface area contributed by atoms with E-state index in [0.29, 0.717) is 38.5 Å². The first-order valence-corrected chi connectivity index (χ1v) is 10.5. The van der Waals surface area contributed by atoms with Gasteiger partial charge in [0.2, 0.25) is 6.17 Å². The number of non-ortho nitro benzene ring substituents is 1. The summed E-state index contributed by atoms with van der Waals surface area (Å²) in [6.07, 6.45) is 1.16. The fourth-order valence-corrected chi connectivity index (χ4v) is 3.86. The Morgan fingerprint density at radius 2 is 1.90 bits per heavy atom. The number of amidine groups is 1. The van der Waals surface area contributed by atoms with Crippen molar-refractivity contribution in [2.24, 2.45) is 10.1 Å². The van der Waals surface area contributed by atoms with Crippen molar-refractivity contribution >= 4 is 34.2 Å². The minimum Gasteiger partial charge on any atom is -0.457 e. The van der Waals surface area contributed by atoms with Crippen molar-refractivity contribution in [3.05, 3.63) is 87.1 Å². The summed E-state index contributed by atoms with van der Waals surface area (Å²) < 4.78 is 6.05. The summed E-state index contributed by atoms with van der Waals surface area (Å²) >= 11 is 1.33. The predicted octanol–water partition coefficient (Wildman–Crippen LogP) is 2.36. The average Bonchev–Trinajstić information content (AvgIpc) is 3.28. The van der Waals surface area contributed by atoms with Crippen LogP contribution < -0.4 is 15.9 Å². The van der Waals surface area contributed by atoms with Crippen molar-refractivity contribution in [1.29, 1.82) is 0 Å². The highest BCUT2D eigenvalue weighted by Gasteiger charge is 2.35. The molecule has 3 aromatic rings. The molecule has 5 rings (SSSR count). The molecular weight excluding hydrogens is 418 g/mol. The minimum absolute atomic E-state index is 0.00641. The largest absolute Gasteiger partial charge is 0.457 e. The van der Waals surface area contributed by atoms with E-state index in [9.17, 15) is 14.9 Å². The topological polar surface area (TPSA) is 113 Å². The molecule has 0 fully saturated rings. The number of nitro benzene ring substituents is 1. The number of benzene rings is 2. The van der Waals surface area contributed by atoms with Crippen molar-refractivity contribution in [2.75, 3.05) is 6.26 Å². The van der Waals surface area contributed by atoms with Crippen molar-refractivity contribution < 1.29 is 14.1 Å². The fourth-order valence-electron chi connectivity index (χ4n) is 3.50. The number of fused-ring (bicyclic) bond motifs is 2. The van der Waals surface area contributed by atoms with Crippen LogP contribution in [0.2, 0.25) is 0 Å². The lowest BCUT2D eigenvalue weighted by atomic mass is 10.1. The molecule has 0 saturated carbocycles. The van der Waals surface area contributed by atoms with Gasteiger partial charge in [0.15, 0.2) is 10.9 Å². The van der Waals surface area contributed by atoms with Gasteiger partial charge in [-0.3, -0.25) is 20.2 Å². The summed E-state index contributed by atoms with van der Waals surface area (Å²) in [6.45, 7) is 0. The Morgan fingerprint density at radius 1 is 1.13 bits per heavy atom. The molecule has 2 aliphatic heterocycles. The highest BCUT2D eigenvalue weighted by Crippen LogP contribution is 2.34. The number of nitro groups is 1. The van der Waals surface area contributed by atoms with Crippen LogP contribution in [0, 0.1) is 10.1 Å². The summed E-state index contributed by atoms with van der Waals surface area (Å²) in [5.74, 6) is 0.782. The first kappa shape index (κ1) is 19.1. The number of furan rings is 1. The zero-order valence-corrected chi connectivity index (χ0v) is 17.0. The Bertz CT molecular complexity index is 1360. The van der Waals surface area contributed by atoms with Crippen LogP contribution in [-0.4, -0.2) is 27.3 Å². The maximum atomic E-state index is 12.8. The van der Waals surface area contributed by atoms with Crippen LogP contribution in [0.15, 0.2) is 75.2 Å². The lowest BCUT2D eigenvalue weighted by Gasteiger charge is -2.32. The summed E-state index contributed by atoms with van der Waals surface area (Å²) in [5, 5.41) is 21.6. The van der Waals surface area contributed by atoms with Gasteiger partial charge in [-0.1, -0.05) is 30.0 Å². The highest BCUT2D eigenvalue weighted by molar-refractivity contribution is 8.13. The molecule has 9 nitrogen and oxygen atoms in total. The van der Waals surface area contributed by atoms with Crippen molar-refractivity contribution in [1.82, 2.24) is 10.3 Å². The molecule has 1 N–H and O–H groups in total. The van der Waals surface area contributed by atoms with Gasteiger partial charge in [0, 0.05) is 22.9 Å².